The van der Waals surface area contributed by atoms with Crippen molar-refractivity contribution >= 4 is 28.4 Å². The molecular formula is C14H11IO2. The van der Waals surface area contributed by atoms with E-state index >= 15 is 0 Å². The van der Waals surface area contributed by atoms with Crippen LogP contribution in [0.5, 0.6) is 5.75 Å². The van der Waals surface area contributed by atoms with Crippen LogP contribution in [0.1, 0.15) is 15.9 Å². The first-order valence-electron chi connectivity index (χ1n) is 5.15. The molecule has 0 heterocycles. The lowest BCUT2D eigenvalue weighted by molar-refractivity contribution is 0.103. The molecule has 0 aliphatic carbocycles. The van der Waals surface area contributed by atoms with Gasteiger partial charge < -0.3 is 4.74 Å². The zero-order valence-electron chi connectivity index (χ0n) is 9.31. The molecule has 2 rings (SSSR count). The third-order valence-electron chi connectivity index (χ3n) is 2.45. The molecule has 0 atom stereocenters. The van der Waals surface area contributed by atoms with Crippen LogP contribution in [-0.4, -0.2) is 12.9 Å². The maximum atomic E-state index is 12.3. The average molecular weight is 338 g/mol. The van der Waals surface area contributed by atoms with E-state index in [2.05, 4.69) is 22.6 Å². The highest BCUT2D eigenvalue weighted by Gasteiger charge is 2.12. The first-order chi connectivity index (χ1) is 8.22. The summed E-state index contributed by atoms with van der Waals surface area (Å²) in [6, 6.07) is 14.8. The summed E-state index contributed by atoms with van der Waals surface area (Å²) < 4.78 is 6.07. The second-order valence-electron chi connectivity index (χ2n) is 3.54. The zero-order chi connectivity index (χ0) is 12.3. The fourth-order valence-electron chi connectivity index (χ4n) is 1.55. The van der Waals surface area contributed by atoms with Gasteiger partial charge in [0, 0.05) is 14.7 Å². The Morgan fingerprint density at radius 1 is 1.12 bits per heavy atom. The van der Waals surface area contributed by atoms with Gasteiger partial charge in [0.1, 0.15) is 5.75 Å². The third-order valence-corrected chi connectivity index (χ3v) is 3.39. The number of methoxy groups -OCH3 is 1. The van der Waals surface area contributed by atoms with Gasteiger partial charge in [0.05, 0.1) is 7.11 Å². The molecule has 0 bridgehead atoms. The van der Waals surface area contributed by atoms with Gasteiger partial charge >= 0.3 is 0 Å². The van der Waals surface area contributed by atoms with Gasteiger partial charge in [-0.2, -0.15) is 0 Å². The van der Waals surface area contributed by atoms with Crippen LogP contribution in [0, 0.1) is 3.57 Å². The normalized spacial score (nSPS) is 10.0. The van der Waals surface area contributed by atoms with Crippen LogP contribution < -0.4 is 4.74 Å². The topological polar surface area (TPSA) is 26.3 Å². The minimum absolute atomic E-state index is 0.0221. The predicted molar refractivity (Wildman–Crippen MR) is 75.6 cm³/mol. The Morgan fingerprint density at radius 3 is 2.47 bits per heavy atom. The molecule has 0 saturated carbocycles. The maximum absolute atomic E-state index is 12.3. The van der Waals surface area contributed by atoms with Crippen molar-refractivity contribution < 1.29 is 9.53 Å². The van der Waals surface area contributed by atoms with E-state index in [0.29, 0.717) is 16.9 Å². The Labute approximate surface area is 114 Å². The number of ether oxygens (including phenoxy) is 1. The van der Waals surface area contributed by atoms with E-state index in [1.807, 2.05) is 42.5 Å². The molecule has 0 radical (unpaired) electrons. The number of halogens is 1. The number of rotatable bonds is 3. The monoisotopic (exact) mass is 338 g/mol. The second-order valence-corrected chi connectivity index (χ2v) is 4.70. The minimum Gasteiger partial charge on any atom is -0.497 e. The van der Waals surface area contributed by atoms with E-state index in [1.165, 1.54) is 0 Å². The van der Waals surface area contributed by atoms with Crippen molar-refractivity contribution in [1.29, 1.82) is 0 Å². The molecule has 2 aromatic rings. The molecule has 3 heteroatoms. The molecule has 86 valence electrons. The molecule has 0 aliphatic heterocycles. The molecule has 2 nitrogen and oxygen atoms in total. The van der Waals surface area contributed by atoms with Crippen LogP contribution in [0.25, 0.3) is 0 Å². The molecule has 0 amide bonds. The number of carbonyl (C=O) groups excluding carboxylic acids is 1. The van der Waals surface area contributed by atoms with E-state index in [1.54, 1.807) is 13.2 Å². The Kier molecular flexibility index (Phi) is 3.78. The van der Waals surface area contributed by atoms with Crippen molar-refractivity contribution in [3.63, 3.8) is 0 Å². The van der Waals surface area contributed by atoms with Crippen molar-refractivity contribution in [2.45, 2.75) is 0 Å². The summed E-state index contributed by atoms with van der Waals surface area (Å²) in [6.45, 7) is 0. The lowest BCUT2D eigenvalue weighted by Gasteiger charge is -2.06. The highest BCUT2D eigenvalue weighted by Crippen LogP contribution is 2.22. The van der Waals surface area contributed by atoms with Crippen LogP contribution in [0.3, 0.4) is 0 Å². The first-order valence-corrected chi connectivity index (χ1v) is 6.23. The lowest BCUT2D eigenvalue weighted by Crippen LogP contribution is -2.03. The molecule has 17 heavy (non-hydrogen) atoms. The van der Waals surface area contributed by atoms with Crippen molar-refractivity contribution in [2.24, 2.45) is 0 Å². The van der Waals surface area contributed by atoms with Gasteiger partial charge in [-0.1, -0.05) is 30.3 Å². The summed E-state index contributed by atoms with van der Waals surface area (Å²) in [5.41, 5.74) is 1.37. The molecule has 0 N–H and O–H groups in total. The third kappa shape index (κ3) is 2.66. The highest BCUT2D eigenvalue weighted by atomic mass is 127. The maximum Gasteiger partial charge on any atom is 0.194 e. The number of ketones is 1. The van der Waals surface area contributed by atoms with E-state index in [9.17, 15) is 4.79 Å². The van der Waals surface area contributed by atoms with Gasteiger partial charge in [-0.25, -0.2) is 0 Å². The molecule has 0 saturated heterocycles. The Hall–Kier alpha value is -1.36. The van der Waals surface area contributed by atoms with Crippen LogP contribution in [0.4, 0.5) is 0 Å². The quantitative estimate of drug-likeness (QED) is 0.632. The van der Waals surface area contributed by atoms with Gasteiger partial charge in [-0.3, -0.25) is 4.79 Å². The summed E-state index contributed by atoms with van der Waals surface area (Å²) in [5, 5.41) is 0. The predicted octanol–water partition coefficient (Wildman–Crippen LogP) is 3.53. The molecule has 0 aliphatic rings. The van der Waals surface area contributed by atoms with Gasteiger partial charge in [-0.05, 0) is 40.8 Å². The standard InChI is InChI=1S/C14H11IO2/c1-17-11-7-8-13(15)12(9-11)14(16)10-5-3-2-4-6-10/h2-9H,1H3. The largest absolute Gasteiger partial charge is 0.497 e. The van der Waals surface area contributed by atoms with E-state index in [0.717, 1.165) is 3.57 Å². The van der Waals surface area contributed by atoms with Gasteiger partial charge in [0.25, 0.3) is 0 Å². The molecular weight excluding hydrogens is 327 g/mol. The van der Waals surface area contributed by atoms with Crippen molar-refractivity contribution in [3.8, 4) is 5.75 Å². The van der Waals surface area contributed by atoms with Crippen LogP contribution in [0.2, 0.25) is 0 Å². The SMILES string of the molecule is COc1ccc(I)c(C(=O)c2ccccc2)c1. The number of benzene rings is 2. The van der Waals surface area contributed by atoms with Crippen LogP contribution in [0.15, 0.2) is 48.5 Å². The molecule has 0 unspecified atom stereocenters. The molecule has 0 fully saturated rings. The molecule has 0 spiro atoms. The van der Waals surface area contributed by atoms with Gasteiger partial charge in [0.2, 0.25) is 0 Å². The van der Waals surface area contributed by atoms with E-state index < -0.39 is 0 Å². The smallest absolute Gasteiger partial charge is 0.194 e. The minimum atomic E-state index is 0.0221. The van der Waals surface area contributed by atoms with Crippen molar-refractivity contribution in [3.05, 3.63) is 63.2 Å². The summed E-state index contributed by atoms with van der Waals surface area (Å²) >= 11 is 2.16. The van der Waals surface area contributed by atoms with Gasteiger partial charge in [0.15, 0.2) is 5.78 Å². The number of hydrogen-bond donors (Lipinski definition) is 0. The Morgan fingerprint density at radius 2 is 1.82 bits per heavy atom. The summed E-state index contributed by atoms with van der Waals surface area (Å²) in [5.74, 6) is 0.721. The van der Waals surface area contributed by atoms with Gasteiger partial charge in [-0.15, -0.1) is 0 Å². The fourth-order valence-corrected chi connectivity index (χ4v) is 2.13. The highest BCUT2D eigenvalue weighted by molar-refractivity contribution is 14.1. The Bertz CT molecular complexity index is 535. The van der Waals surface area contributed by atoms with Crippen molar-refractivity contribution in [1.82, 2.24) is 0 Å². The summed E-state index contributed by atoms with van der Waals surface area (Å²) in [6.07, 6.45) is 0. The van der Waals surface area contributed by atoms with E-state index in [-0.39, 0.29) is 5.78 Å². The first kappa shape index (κ1) is 12.1. The second kappa shape index (κ2) is 5.31. The zero-order valence-corrected chi connectivity index (χ0v) is 11.5. The van der Waals surface area contributed by atoms with Crippen LogP contribution in [-0.2, 0) is 0 Å². The Balaban J connectivity index is 2.44. The van der Waals surface area contributed by atoms with Crippen LogP contribution >= 0.6 is 22.6 Å². The average Bonchev–Trinajstić information content (AvgIpc) is 2.39. The summed E-state index contributed by atoms with van der Waals surface area (Å²) in [7, 11) is 1.60. The molecule has 0 aromatic heterocycles. The van der Waals surface area contributed by atoms with Crippen molar-refractivity contribution in [2.75, 3.05) is 7.11 Å². The number of hydrogen-bond acceptors (Lipinski definition) is 2. The van der Waals surface area contributed by atoms with E-state index in [4.69, 9.17) is 4.74 Å². The summed E-state index contributed by atoms with van der Waals surface area (Å²) in [4.78, 5) is 12.3. The fraction of sp³-hybridized carbons (Fsp3) is 0.0714. The lowest BCUT2D eigenvalue weighted by atomic mass is 10.0. The number of carbonyl (C=O) groups is 1. The molecule has 2 aromatic carbocycles.